The van der Waals surface area contributed by atoms with Crippen molar-refractivity contribution < 1.29 is 14.3 Å². The molecule has 0 radical (unpaired) electrons. The number of carbonyl (C=O) groups excluding carboxylic acids is 2. The van der Waals surface area contributed by atoms with Crippen molar-refractivity contribution in [3.63, 3.8) is 0 Å². The van der Waals surface area contributed by atoms with Gasteiger partial charge in [-0.2, -0.15) is 0 Å². The second kappa shape index (κ2) is 7.09. The molecule has 0 fully saturated rings. The molecular formula is C10H20N2O3. The fraction of sp³-hybridized carbons (Fsp3) is 0.800. The number of urea groups is 1. The summed E-state index contributed by atoms with van der Waals surface area (Å²) in [4.78, 5) is 22.1. The molecule has 0 aliphatic rings. The van der Waals surface area contributed by atoms with Crippen molar-refractivity contribution in [1.29, 1.82) is 0 Å². The highest BCUT2D eigenvalue weighted by atomic mass is 16.5. The van der Waals surface area contributed by atoms with Gasteiger partial charge in [0.15, 0.2) is 0 Å². The average Bonchev–Trinajstić information content (AvgIpc) is 2.15. The molecule has 0 saturated heterocycles. The highest BCUT2D eigenvalue weighted by Crippen LogP contribution is 1.98. The molecule has 0 aromatic heterocycles. The fourth-order valence-corrected chi connectivity index (χ4v) is 0.789. The van der Waals surface area contributed by atoms with E-state index in [1.807, 2.05) is 20.8 Å². The van der Waals surface area contributed by atoms with E-state index in [0.29, 0.717) is 12.5 Å². The SMILES string of the molecule is CCOC(=O)CNC(=O)NC(C)C(C)C. The van der Waals surface area contributed by atoms with E-state index in [0.717, 1.165) is 0 Å². The molecule has 88 valence electrons. The van der Waals surface area contributed by atoms with Crippen molar-refractivity contribution in [3.8, 4) is 0 Å². The summed E-state index contributed by atoms with van der Waals surface area (Å²) in [5.74, 6) is -0.0665. The van der Waals surface area contributed by atoms with Gasteiger partial charge in [-0.3, -0.25) is 4.79 Å². The first kappa shape index (κ1) is 13.7. The van der Waals surface area contributed by atoms with E-state index in [1.54, 1.807) is 6.92 Å². The Morgan fingerprint density at radius 2 is 1.87 bits per heavy atom. The molecule has 5 heteroatoms. The summed E-state index contributed by atoms with van der Waals surface area (Å²) in [6.07, 6.45) is 0. The maximum Gasteiger partial charge on any atom is 0.325 e. The van der Waals surface area contributed by atoms with Crippen molar-refractivity contribution in [2.45, 2.75) is 33.7 Å². The van der Waals surface area contributed by atoms with Crippen LogP contribution in [0, 0.1) is 5.92 Å². The molecule has 1 unspecified atom stereocenters. The number of carbonyl (C=O) groups is 2. The summed E-state index contributed by atoms with van der Waals surface area (Å²) in [6, 6.07) is -0.267. The van der Waals surface area contributed by atoms with E-state index >= 15 is 0 Å². The first-order chi connectivity index (χ1) is 6.97. The first-order valence-electron chi connectivity index (χ1n) is 5.17. The highest BCUT2D eigenvalue weighted by molar-refractivity contribution is 5.80. The first-order valence-corrected chi connectivity index (χ1v) is 5.17. The van der Waals surface area contributed by atoms with E-state index in [2.05, 4.69) is 15.4 Å². The molecule has 0 saturated carbocycles. The van der Waals surface area contributed by atoms with Crippen molar-refractivity contribution in [3.05, 3.63) is 0 Å². The van der Waals surface area contributed by atoms with Gasteiger partial charge < -0.3 is 15.4 Å². The normalized spacial score (nSPS) is 12.1. The zero-order chi connectivity index (χ0) is 11.8. The van der Waals surface area contributed by atoms with Gasteiger partial charge in [0.05, 0.1) is 6.61 Å². The Labute approximate surface area is 90.6 Å². The number of ether oxygens (including phenoxy) is 1. The van der Waals surface area contributed by atoms with Gasteiger partial charge in [0.2, 0.25) is 0 Å². The molecule has 5 nitrogen and oxygen atoms in total. The van der Waals surface area contributed by atoms with Crippen LogP contribution in [0.1, 0.15) is 27.7 Å². The molecular weight excluding hydrogens is 196 g/mol. The lowest BCUT2D eigenvalue weighted by atomic mass is 10.1. The van der Waals surface area contributed by atoms with E-state index < -0.39 is 5.97 Å². The standard InChI is InChI=1S/C10H20N2O3/c1-5-15-9(13)6-11-10(14)12-8(4)7(2)3/h7-8H,5-6H2,1-4H3,(H2,11,12,14). The van der Waals surface area contributed by atoms with Crippen LogP contribution in [0.2, 0.25) is 0 Å². The lowest BCUT2D eigenvalue weighted by Gasteiger charge is -2.17. The molecule has 0 aliphatic carbocycles. The number of hydrogen-bond donors (Lipinski definition) is 2. The molecule has 0 aromatic rings. The van der Waals surface area contributed by atoms with Crippen molar-refractivity contribution in [2.24, 2.45) is 5.92 Å². The second-order valence-electron chi connectivity index (χ2n) is 3.66. The van der Waals surface area contributed by atoms with Crippen molar-refractivity contribution >= 4 is 12.0 Å². The van der Waals surface area contributed by atoms with Crippen LogP contribution in [0.25, 0.3) is 0 Å². The molecule has 1 atom stereocenters. The third-order valence-electron chi connectivity index (χ3n) is 2.06. The van der Waals surface area contributed by atoms with Crippen molar-refractivity contribution in [1.82, 2.24) is 10.6 Å². The average molecular weight is 216 g/mol. The minimum absolute atomic E-state index is 0.0761. The lowest BCUT2D eigenvalue weighted by molar-refractivity contribution is -0.141. The second-order valence-corrected chi connectivity index (χ2v) is 3.66. The van der Waals surface area contributed by atoms with Crippen LogP contribution in [-0.2, 0) is 9.53 Å². The van der Waals surface area contributed by atoms with Crippen LogP contribution < -0.4 is 10.6 Å². The van der Waals surface area contributed by atoms with E-state index in [4.69, 9.17) is 0 Å². The van der Waals surface area contributed by atoms with Gasteiger partial charge in [-0.1, -0.05) is 13.8 Å². The summed E-state index contributed by atoms with van der Waals surface area (Å²) in [6.45, 7) is 7.88. The molecule has 0 aromatic carbocycles. The number of esters is 1. The van der Waals surface area contributed by atoms with Crippen molar-refractivity contribution in [2.75, 3.05) is 13.2 Å². The van der Waals surface area contributed by atoms with Gasteiger partial charge in [-0.25, -0.2) is 4.79 Å². The minimum atomic E-state index is -0.426. The minimum Gasteiger partial charge on any atom is -0.465 e. The Morgan fingerprint density at radius 1 is 1.27 bits per heavy atom. The molecule has 0 spiro atoms. The molecule has 2 amide bonds. The predicted molar refractivity (Wildman–Crippen MR) is 57.5 cm³/mol. The van der Waals surface area contributed by atoms with Crippen LogP contribution in [0.15, 0.2) is 0 Å². The maximum atomic E-state index is 11.2. The number of nitrogens with one attached hydrogen (secondary N) is 2. The third-order valence-corrected chi connectivity index (χ3v) is 2.06. The summed E-state index contributed by atoms with van der Waals surface area (Å²) < 4.78 is 4.66. The van der Waals surface area contributed by atoms with E-state index in [9.17, 15) is 9.59 Å². The van der Waals surface area contributed by atoms with Gasteiger partial charge in [0.25, 0.3) is 0 Å². The van der Waals surface area contributed by atoms with Crippen LogP contribution >= 0.6 is 0 Å². The zero-order valence-corrected chi connectivity index (χ0v) is 9.79. The molecule has 0 bridgehead atoms. The molecule has 0 aliphatic heterocycles. The number of rotatable bonds is 5. The predicted octanol–water partition coefficient (Wildman–Crippen LogP) is 0.893. The number of hydrogen-bond acceptors (Lipinski definition) is 3. The van der Waals surface area contributed by atoms with Gasteiger partial charge in [-0.05, 0) is 19.8 Å². The number of amides is 2. The van der Waals surface area contributed by atoms with Gasteiger partial charge in [0, 0.05) is 6.04 Å². The Bertz CT molecular complexity index is 217. The smallest absolute Gasteiger partial charge is 0.325 e. The Kier molecular flexibility index (Phi) is 6.49. The van der Waals surface area contributed by atoms with E-state index in [1.165, 1.54) is 0 Å². The Hall–Kier alpha value is -1.26. The lowest BCUT2D eigenvalue weighted by Crippen LogP contribution is -2.44. The molecule has 2 N–H and O–H groups in total. The van der Waals surface area contributed by atoms with Gasteiger partial charge in [-0.15, -0.1) is 0 Å². The molecule has 15 heavy (non-hydrogen) atoms. The molecule has 0 rings (SSSR count). The quantitative estimate of drug-likeness (QED) is 0.671. The Morgan fingerprint density at radius 3 is 2.33 bits per heavy atom. The van der Waals surface area contributed by atoms with Gasteiger partial charge >= 0.3 is 12.0 Å². The summed E-state index contributed by atoms with van der Waals surface area (Å²) in [5.41, 5.74) is 0. The monoisotopic (exact) mass is 216 g/mol. The van der Waals surface area contributed by atoms with E-state index in [-0.39, 0.29) is 18.6 Å². The van der Waals surface area contributed by atoms with Crippen LogP contribution in [0.4, 0.5) is 4.79 Å². The summed E-state index contributed by atoms with van der Waals surface area (Å²) >= 11 is 0. The zero-order valence-electron chi connectivity index (χ0n) is 9.79. The molecule has 0 heterocycles. The summed E-state index contributed by atoms with van der Waals surface area (Å²) in [5, 5.41) is 5.15. The van der Waals surface area contributed by atoms with Crippen LogP contribution in [-0.4, -0.2) is 31.2 Å². The largest absolute Gasteiger partial charge is 0.465 e. The third kappa shape index (κ3) is 6.76. The van der Waals surface area contributed by atoms with Crippen LogP contribution in [0.3, 0.4) is 0 Å². The summed E-state index contributed by atoms with van der Waals surface area (Å²) in [7, 11) is 0. The van der Waals surface area contributed by atoms with Gasteiger partial charge in [0.1, 0.15) is 6.54 Å². The maximum absolute atomic E-state index is 11.2. The van der Waals surface area contributed by atoms with Crippen LogP contribution in [0.5, 0.6) is 0 Å². The Balaban J connectivity index is 3.70. The highest BCUT2D eigenvalue weighted by Gasteiger charge is 2.11. The topological polar surface area (TPSA) is 67.4 Å². The fourth-order valence-electron chi connectivity index (χ4n) is 0.789.